The number of anilines is 1. The summed E-state index contributed by atoms with van der Waals surface area (Å²) in [5.41, 5.74) is 5.51. The minimum Gasteiger partial charge on any atom is -0.744 e. The van der Waals surface area contributed by atoms with Crippen LogP contribution in [0.1, 0.15) is 0 Å². The Kier molecular flexibility index (Phi) is 23.5. The molecule has 0 spiro atoms. The molecular weight excluding hydrogens is 920 g/mol. The van der Waals surface area contributed by atoms with E-state index in [9.17, 15) is 42.5 Å². The van der Waals surface area contributed by atoms with Gasteiger partial charge in [0.1, 0.15) is 25.9 Å². The first-order valence-electron chi connectivity index (χ1n) is 9.80. The molecule has 0 amide bonds. The maximum atomic E-state index is 12.3. The standard InChI is InChI=1S/C18H17N3O12S4.FI2.3Na/c19-18-15-9-13(36(25,26)27)5-6-14(15)17(37(28,29)30)10-16(18)21-20-11-1-3-12(4-2-11)35(23,24)8-7-31-34-33-32-22;1-3-2;;;/h1-6,9-10,22H,7-8,19H2,(H,25,26,27)(H,28,29,30);;;;/q;-1;3*+1/p-3. The van der Waals surface area contributed by atoms with Crippen LogP contribution >= 0.6 is 30.9 Å². The molecule has 0 aliphatic rings. The van der Waals surface area contributed by atoms with Gasteiger partial charge in [-0.3, -0.25) is 9.22 Å². The van der Waals surface area contributed by atoms with Gasteiger partial charge in [-0.2, -0.15) is 5.11 Å². The van der Waals surface area contributed by atoms with Crippen LogP contribution in [-0.2, 0) is 43.6 Å². The first kappa shape index (κ1) is 46.8. The summed E-state index contributed by atoms with van der Waals surface area (Å²) in [6.07, 6.45) is 0. The van der Waals surface area contributed by atoms with E-state index in [2.05, 4.69) is 23.8 Å². The molecule has 0 unspecified atom stereocenters. The minimum absolute atomic E-state index is 0. The molecule has 3 rings (SSSR count). The zero-order chi connectivity index (χ0) is 30.1. The Hall–Kier alpha value is 1.67. The summed E-state index contributed by atoms with van der Waals surface area (Å²) in [4.78, 5) is -1.58. The second kappa shape index (κ2) is 21.6. The third-order valence-electron chi connectivity index (χ3n) is 4.66. The van der Waals surface area contributed by atoms with Crippen LogP contribution in [0.5, 0.6) is 0 Å². The second-order valence-electron chi connectivity index (χ2n) is 7.02. The normalized spacial score (nSPS) is 11.7. The van der Waals surface area contributed by atoms with Crippen molar-refractivity contribution >= 4 is 88.8 Å². The van der Waals surface area contributed by atoms with Crippen LogP contribution in [-0.4, -0.2) is 46.7 Å². The third-order valence-corrected chi connectivity index (χ3v) is 8.43. The number of fused-ring (bicyclic) bond motifs is 1. The van der Waals surface area contributed by atoms with Gasteiger partial charge in [-0.05, 0) is 42.5 Å². The van der Waals surface area contributed by atoms with E-state index >= 15 is 0 Å². The predicted molar refractivity (Wildman–Crippen MR) is 138 cm³/mol. The van der Waals surface area contributed by atoms with Crippen molar-refractivity contribution in [1.29, 1.82) is 0 Å². The summed E-state index contributed by atoms with van der Waals surface area (Å²) < 4.78 is 113. The van der Waals surface area contributed by atoms with Gasteiger partial charge in [-0.1, -0.05) is 6.07 Å². The third kappa shape index (κ3) is 14.8. The van der Waals surface area contributed by atoms with Crippen molar-refractivity contribution in [3.8, 4) is 0 Å². The van der Waals surface area contributed by atoms with Crippen LogP contribution in [0.15, 0.2) is 73.4 Å². The zero-order valence-corrected chi connectivity index (χ0v) is 35.8. The Bertz CT molecular complexity index is 1710. The Morgan fingerprint density at radius 1 is 0.884 bits per heavy atom. The molecule has 0 saturated heterocycles. The van der Waals surface area contributed by atoms with Crippen LogP contribution in [0.25, 0.3) is 10.8 Å². The zero-order valence-electron chi connectivity index (χ0n) is 22.2. The second-order valence-corrected chi connectivity index (χ2v) is 14.7. The van der Waals surface area contributed by atoms with Crippen LogP contribution < -0.4 is 117 Å². The van der Waals surface area contributed by atoms with Gasteiger partial charge in [0.15, 0.2) is 22.2 Å². The molecule has 0 radical (unpaired) electrons. The minimum atomic E-state index is -5.08. The Balaban J connectivity index is 0. The first-order valence-corrected chi connectivity index (χ1v) is 22.0. The summed E-state index contributed by atoms with van der Waals surface area (Å²) in [5, 5.41) is 19.9. The number of halogens is 3. The molecule has 43 heavy (non-hydrogen) atoms. The Morgan fingerprint density at radius 2 is 1.44 bits per heavy atom. The SMILES string of the molecule is F[I-]I.Nc1c(N=Nc2ccc(S(=O)(=O)CCOSOO[O-])cc2)cc(S(=O)(=O)[O-])c2ccc(S(=O)(=O)[O-])cc12.[Na+].[Na+].[Na+]. The quantitative estimate of drug-likeness (QED) is 0.0216. The van der Waals surface area contributed by atoms with E-state index in [1.54, 1.807) is 18.6 Å². The average Bonchev–Trinajstić information content (AvgIpc) is 2.87. The van der Waals surface area contributed by atoms with E-state index in [0.717, 1.165) is 24.3 Å². The number of nitrogen functional groups attached to an aromatic ring is 1. The topological polar surface area (TPSA) is 250 Å². The molecule has 0 bridgehead atoms. The van der Waals surface area contributed by atoms with Crippen molar-refractivity contribution in [2.24, 2.45) is 10.2 Å². The predicted octanol–water partition coefficient (Wildman–Crippen LogP) is -9.46. The molecule has 3 aromatic carbocycles. The molecule has 2 N–H and O–H groups in total. The van der Waals surface area contributed by atoms with E-state index in [1.807, 2.05) is 0 Å². The first-order chi connectivity index (χ1) is 18.7. The van der Waals surface area contributed by atoms with Gasteiger partial charge in [0.25, 0.3) is 0 Å². The molecule has 0 heterocycles. The molecule has 0 fully saturated rings. The molecule has 3 aromatic rings. The number of nitrogens with two attached hydrogens (primary N) is 1. The number of hydrogen-bond donors (Lipinski definition) is 1. The fourth-order valence-corrected chi connectivity index (χ4v) is 5.59. The van der Waals surface area contributed by atoms with Gasteiger partial charge in [0.2, 0.25) is 0 Å². The molecular formula is C18H14FI2N3Na3O12S4-. The summed E-state index contributed by atoms with van der Waals surface area (Å²) in [6.45, 7) is -0.320. The van der Waals surface area contributed by atoms with Crippen molar-refractivity contribution in [2.45, 2.75) is 14.7 Å². The van der Waals surface area contributed by atoms with Gasteiger partial charge >= 0.3 is 128 Å². The molecule has 0 aliphatic carbocycles. The molecule has 0 aromatic heterocycles. The van der Waals surface area contributed by atoms with E-state index in [-0.39, 0.29) is 140 Å². The maximum Gasteiger partial charge on any atom is 1.00 e. The largest absolute Gasteiger partial charge is 1.00 e. The molecule has 222 valence electrons. The fourth-order valence-electron chi connectivity index (χ4n) is 2.98. The van der Waals surface area contributed by atoms with Crippen LogP contribution in [0.2, 0.25) is 0 Å². The smallest absolute Gasteiger partial charge is 0.744 e. The number of nitrogens with zero attached hydrogens (tertiary/aromatic N) is 2. The van der Waals surface area contributed by atoms with Crippen molar-refractivity contribution < 1.29 is 163 Å². The van der Waals surface area contributed by atoms with E-state index in [0.29, 0.717) is 0 Å². The van der Waals surface area contributed by atoms with Crippen molar-refractivity contribution in [1.82, 2.24) is 0 Å². The van der Waals surface area contributed by atoms with Gasteiger partial charge in [-0.15, -0.1) is 9.45 Å². The molecule has 25 heteroatoms. The number of sulfone groups is 1. The van der Waals surface area contributed by atoms with Gasteiger partial charge in [0.05, 0.1) is 38.4 Å². The summed E-state index contributed by atoms with van der Waals surface area (Å²) in [7, 11) is -13.8. The number of benzene rings is 3. The van der Waals surface area contributed by atoms with E-state index in [1.165, 1.54) is 24.3 Å². The molecule has 15 nitrogen and oxygen atoms in total. The fraction of sp³-hybridized carbons (Fsp3) is 0.111. The summed E-state index contributed by atoms with van der Waals surface area (Å²) in [6, 6.07) is 8.42. The number of rotatable bonds is 11. The van der Waals surface area contributed by atoms with Gasteiger partial charge in [0, 0.05) is 10.8 Å². The van der Waals surface area contributed by atoms with Crippen LogP contribution in [0, 0.1) is 0 Å². The molecule has 0 atom stereocenters. The van der Waals surface area contributed by atoms with Gasteiger partial charge < -0.3 is 20.1 Å². The van der Waals surface area contributed by atoms with Crippen LogP contribution in [0.3, 0.4) is 0 Å². The monoisotopic (exact) mass is 934 g/mol. The van der Waals surface area contributed by atoms with E-state index in [4.69, 9.17) is 5.73 Å². The summed E-state index contributed by atoms with van der Waals surface area (Å²) >= 11 is 0.955. The Morgan fingerprint density at radius 3 is 1.95 bits per heavy atom. The maximum absolute atomic E-state index is 12.3. The van der Waals surface area contributed by atoms with Gasteiger partial charge in [-0.25, -0.2) is 25.3 Å². The van der Waals surface area contributed by atoms with E-state index < -0.39 is 63.4 Å². The van der Waals surface area contributed by atoms with Crippen molar-refractivity contribution in [3.05, 3.63) is 48.5 Å². The van der Waals surface area contributed by atoms with Crippen molar-refractivity contribution in [2.75, 3.05) is 18.1 Å². The molecule has 0 saturated carbocycles. The Labute approximate surface area is 337 Å². The molecule has 0 aliphatic heterocycles. The van der Waals surface area contributed by atoms with Crippen molar-refractivity contribution in [3.63, 3.8) is 0 Å². The number of hydrogen-bond acceptors (Lipinski definition) is 16. The average molecular weight is 934 g/mol. The summed E-state index contributed by atoms with van der Waals surface area (Å²) in [5.74, 6) is -0.454. The van der Waals surface area contributed by atoms with Crippen LogP contribution in [0.4, 0.5) is 19.9 Å². The number of azo groups is 1.